The molecule has 0 fully saturated rings. The lowest BCUT2D eigenvalue weighted by Crippen LogP contribution is -2.19. The van der Waals surface area contributed by atoms with Crippen LogP contribution in [0.4, 0.5) is 0 Å². The van der Waals surface area contributed by atoms with Crippen molar-refractivity contribution >= 4 is 0 Å². The molecule has 0 saturated heterocycles. The molecule has 1 rings (SSSR count). The van der Waals surface area contributed by atoms with Crippen LogP contribution in [0.2, 0.25) is 0 Å². The van der Waals surface area contributed by atoms with Gasteiger partial charge in [-0.25, -0.2) is 0 Å². The second-order valence-corrected chi connectivity index (χ2v) is 5.04. The van der Waals surface area contributed by atoms with Gasteiger partial charge in [0.1, 0.15) is 5.75 Å². The third kappa shape index (κ3) is 3.79. The minimum absolute atomic E-state index is 0.236. The third-order valence-corrected chi connectivity index (χ3v) is 3.79. The van der Waals surface area contributed by atoms with Gasteiger partial charge in [-0.3, -0.25) is 0 Å². The van der Waals surface area contributed by atoms with E-state index in [0.717, 1.165) is 29.9 Å². The molecule has 0 aliphatic carbocycles. The fraction of sp³-hybridized carbons (Fsp3) is 0.625. The minimum Gasteiger partial charge on any atom is -0.496 e. The first-order chi connectivity index (χ1) is 9.60. The summed E-state index contributed by atoms with van der Waals surface area (Å²) in [5, 5.41) is 3.37. The molecule has 4 nitrogen and oxygen atoms in total. The SMILES string of the molecule is CCC(C)CC(NC)c1cc(OC)c(OC)cc1OC. The van der Waals surface area contributed by atoms with Crippen molar-refractivity contribution in [1.29, 1.82) is 0 Å². The molecule has 0 radical (unpaired) electrons. The lowest BCUT2D eigenvalue weighted by atomic mass is 9.93. The Labute approximate surface area is 122 Å². The zero-order valence-electron chi connectivity index (χ0n) is 13.4. The Hall–Kier alpha value is -1.42. The Morgan fingerprint density at radius 1 is 1.00 bits per heavy atom. The van der Waals surface area contributed by atoms with E-state index < -0.39 is 0 Å². The molecule has 2 atom stereocenters. The second-order valence-electron chi connectivity index (χ2n) is 5.04. The molecule has 1 aromatic carbocycles. The molecule has 0 bridgehead atoms. The van der Waals surface area contributed by atoms with E-state index in [9.17, 15) is 0 Å². The van der Waals surface area contributed by atoms with Gasteiger partial charge >= 0.3 is 0 Å². The van der Waals surface area contributed by atoms with Gasteiger partial charge in [0.2, 0.25) is 0 Å². The molecule has 0 aromatic heterocycles. The van der Waals surface area contributed by atoms with Gasteiger partial charge in [0.25, 0.3) is 0 Å². The van der Waals surface area contributed by atoms with Gasteiger partial charge in [-0.05, 0) is 25.5 Å². The molecule has 0 spiro atoms. The third-order valence-electron chi connectivity index (χ3n) is 3.79. The van der Waals surface area contributed by atoms with Crippen molar-refractivity contribution in [2.75, 3.05) is 28.4 Å². The van der Waals surface area contributed by atoms with Gasteiger partial charge in [-0.1, -0.05) is 20.3 Å². The number of nitrogens with one attached hydrogen (secondary N) is 1. The van der Waals surface area contributed by atoms with Gasteiger partial charge in [0, 0.05) is 17.7 Å². The van der Waals surface area contributed by atoms with Gasteiger partial charge in [-0.15, -0.1) is 0 Å². The number of benzene rings is 1. The molecule has 1 N–H and O–H groups in total. The van der Waals surface area contributed by atoms with Crippen LogP contribution in [0, 0.1) is 5.92 Å². The highest BCUT2D eigenvalue weighted by molar-refractivity contribution is 5.51. The van der Waals surface area contributed by atoms with E-state index in [2.05, 4.69) is 19.2 Å². The minimum atomic E-state index is 0.236. The average molecular weight is 281 g/mol. The average Bonchev–Trinajstić information content (AvgIpc) is 2.50. The Morgan fingerprint density at radius 3 is 2.00 bits per heavy atom. The molecule has 0 saturated carbocycles. The molecule has 0 heterocycles. The molecule has 0 amide bonds. The molecule has 1 aromatic rings. The molecule has 114 valence electrons. The standard InChI is InChI=1S/C16H27NO3/c1-7-11(2)8-13(17-3)12-9-15(19-5)16(20-6)10-14(12)18-4/h9-11,13,17H,7-8H2,1-6H3. The summed E-state index contributed by atoms with van der Waals surface area (Å²) in [5.41, 5.74) is 1.10. The van der Waals surface area contributed by atoms with E-state index in [-0.39, 0.29) is 6.04 Å². The molecular weight excluding hydrogens is 254 g/mol. The summed E-state index contributed by atoms with van der Waals surface area (Å²) in [5.74, 6) is 2.88. The molecular formula is C16H27NO3. The van der Waals surface area contributed by atoms with Crippen LogP contribution in [0.1, 0.15) is 38.3 Å². The molecule has 0 aliphatic rings. The summed E-state index contributed by atoms with van der Waals surface area (Å²) in [7, 11) is 6.94. The number of hydrogen-bond donors (Lipinski definition) is 1. The first-order valence-corrected chi connectivity index (χ1v) is 7.08. The summed E-state index contributed by atoms with van der Waals surface area (Å²) in [6.45, 7) is 4.47. The Morgan fingerprint density at radius 2 is 1.55 bits per heavy atom. The van der Waals surface area contributed by atoms with Gasteiger partial charge in [0.15, 0.2) is 11.5 Å². The highest BCUT2D eigenvalue weighted by atomic mass is 16.5. The zero-order valence-corrected chi connectivity index (χ0v) is 13.4. The predicted octanol–water partition coefficient (Wildman–Crippen LogP) is 3.41. The van der Waals surface area contributed by atoms with E-state index in [1.807, 2.05) is 19.2 Å². The zero-order chi connectivity index (χ0) is 15.1. The van der Waals surface area contributed by atoms with Crippen molar-refractivity contribution in [3.63, 3.8) is 0 Å². The van der Waals surface area contributed by atoms with Crippen molar-refractivity contribution in [3.05, 3.63) is 17.7 Å². The highest BCUT2D eigenvalue weighted by Crippen LogP contribution is 2.39. The van der Waals surface area contributed by atoms with Crippen LogP contribution < -0.4 is 19.5 Å². The van der Waals surface area contributed by atoms with Crippen LogP contribution in [0.3, 0.4) is 0 Å². The van der Waals surface area contributed by atoms with Crippen molar-refractivity contribution in [3.8, 4) is 17.2 Å². The first-order valence-electron chi connectivity index (χ1n) is 7.08. The van der Waals surface area contributed by atoms with Crippen LogP contribution >= 0.6 is 0 Å². The quantitative estimate of drug-likeness (QED) is 0.792. The Balaban J connectivity index is 3.18. The lowest BCUT2D eigenvalue weighted by Gasteiger charge is -2.23. The van der Waals surface area contributed by atoms with Crippen LogP contribution in [-0.4, -0.2) is 28.4 Å². The molecule has 2 unspecified atom stereocenters. The Bertz CT molecular complexity index is 420. The summed E-state index contributed by atoms with van der Waals surface area (Å²) in [4.78, 5) is 0. The summed E-state index contributed by atoms with van der Waals surface area (Å²) in [6.07, 6.45) is 2.21. The smallest absolute Gasteiger partial charge is 0.164 e. The fourth-order valence-electron chi connectivity index (χ4n) is 2.29. The normalized spacial score (nSPS) is 13.7. The van der Waals surface area contributed by atoms with Crippen molar-refractivity contribution in [2.24, 2.45) is 5.92 Å². The lowest BCUT2D eigenvalue weighted by molar-refractivity contribution is 0.341. The summed E-state index contributed by atoms with van der Waals surface area (Å²) >= 11 is 0. The maximum Gasteiger partial charge on any atom is 0.164 e. The van der Waals surface area contributed by atoms with Gasteiger partial charge < -0.3 is 19.5 Å². The van der Waals surface area contributed by atoms with Crippen LogP contribution in [0.15, 0.2) is 12.1 Å². The summed E-state index contributed by atoms with van der Waals surface area (Å²) < 4.78 is 16.2. The number of hydrogen-bond acceptors (Lipinski definition) is 4. The van der Waals surface area contributed by atoms with Crippen molar-refractivity contribution < 1.29 is 14.2 Å². The maximum absolute atomic E-state index is 5.51. The molecule has 4 heteroatoms. The predicted molar refractivity (Wildman–Crippen MR) is 82.0 cm³/mol. The monoisotopic (exact) mass is 281 g/mol. The van der Waals surface area contributed by atoms with Crippen molar-refractivity contribution in [1.82, 2.24) is 5.32 Å². The van der Waals surface area contributed by atoms with Gasteiger partial charge in [0.05, 0.1) is 21.3 Å². The first kappa shape index (κ1) is 16.6. The van der Waals surface area contributed by atoms with E-state index in [0.29, 0.717) is 11.7 Å². The highest BCUT2D eigenvalue weighted by Gasteiger charge is 2.20. The topological polar surface area (TPSA) is 39.7 Å². The largest absolute Gasteiger partial charge is 0.496 e. The summed E-state index contributed by atoms with van der Waals surface area (Å²) in [6, 6.07) is 4.12. The molecule has 0 aliphatic heterocycles. The van der Waals surface area contributed by atoms with Crippen molar-refractivity contribution in [2.45, 2.75) is 32.7 Å². The van der Waals surface area contributed by atoms with Crippen LogP contribution in [-0.2, 0) is 0 Å². The Kier molecular flexibility index (Phi) is 6.65. The molecule has 20 heavy (non-hydrogen) atoms. The second kappa shape index (κ2) is 8.00. The van der Waals surface area contributed by atoms with Crippen LogP contribution in [0.5, 0.6) is 17.2 Å². The fourth-order valence-corrected chi connectivity index (χ4v) is 2.29. The number of rotatable bonds is 8. The van der Waals surface area contributed by atoms with Crippen LogP contribution in [0.25, 0.3) is 0 Å². The van der Waals surface area contributed by atoms with Gasteiger partial charge in [-0.2, -0.15) is 0 Å². The van der Waals surface area contributed by atoms with E-state index in [4.69, 9.17) is 14.2 Å². The van der Waals surface area contributed by atoms with E-state index in [1.165, 1.54) is 0 Å². The number of methoxy groups -OCH3 is 3. The maximum atomic E-state index is 5.51. The van der Waals surface area contributed by atoms with E-state index in [1.54, 1.807) is 21.3 Å². The number of ether oxygens (including phenoxy) is 3. The van der Waals surface area contributed by atoms with E-state index >= 15 is 0 Å².